The largest absolute Gasteiger partial charge is 0.480 e. The van der Waals surface area contributed by atoms with Gasteiger partial charge in [0.15, 0.2) is 18.2 Å². The Morgan fingerprint density at radius 2 is 2.11 bits per heavy atom. The van der Waals surface area contributed by atoms with Gasteiger partial charge in [0, 0.05) is 6.04 Å². The van der Waals surface area contributed by atoms with Crippen LogP contribution >= 0.6 is 0 Å². The molecule has 1 aromatic carbocycles. The molecular weight excluding hydrogens is 241 g/mol. The zero-order valence-electron chi connectivity index (χ0n) is 10.1. The number of carbonyl (C=O) groups excluding carboxylic acids is 1. The lowest BCUT2D eigenvalue weighted by Crippen LogP contribution is -2.34. The third kappa shape index (κ3) is 3.73. The van der Waals surface area contributed by atoms with Crippen LogP contribution in [0.15, 0.2) is 18.2 Å². The van der Waals surface area contributed by atoms with Crippen LogP contribution in [0.3, 0.4) is 0 Å². The van der Waals surface area contributed by atoms with E-state index >= 15 is 0 Å². The zero-order valence-corrected chi connectivity index (χ0v) is 10.1. The van der Waals surface area contributed by atoms with Crippen molar-refractivity contribution < 1.29 is 23.8 Å². The summed E-state index contributed by atoms with van der Waals surface area (Å²) in [6.07, 6.45) is 0. The van der Waals surface area contributed by atoms with Crippen molar-refractivity contribution >= 4 is 11.9 Å². The van der Waals surface area contributed by atoms with Crippen LogP contribution < -0.4 is 10.1 Å². The van der Waals surface area contributed by atoms with E-state index in [0.717, 1.165) is 6.07 Å². The number of benzene rings is 1. The molecule has 2 N–H and O–H groups in total. The first-order valence-electron chi connectivity index (χ1n) is 5.35. The lowest BCUT2D eigenvalue weighted by atomic mass is 10.2. The van der Waals surface area contributed by atoms with Gasteiger partial charge in [0.25, 0.3) is 5.91 Å². The first kappa shape index (κ1) is 14.0. The van der Waals surface area contributed by atoms with Crippen molar-refractivity contribution in [3.63, 3.8) is 0 Å². The minimum absolute atomic E-state index is 0.0688. The molecule has 0 bridgehead atoms. The highest BCUT2D eigenvalue weighted by molar-refractivity contribution is 5.91. The zero-order chi connectivity index (χ0) is 13.7. The molecule has 1 aromatic rings. The Kier molecular flexibility index (Phi) is 4.65. The van der Waals surface area contributed by atoms with Crippen molar-refractivity contribution in [2.24, 2.45) is 0 Å². The predicted molar refractivity (Wildman–Crippen MR) is 62.1 cm³/mol. The van der Waals surface area contributed by atoms with Crippen LogP contribution in [0, 0.1) is 5.82 Å². The van der Waals surface area contributed by atoms with Gasteiger partial charge in [-0.2, -0.15) is 0 Å². The number of halogens is 1. The Morgan fingerprint density at radius 3 is 2.67 bits per heavy atom. The molecule has 0 aliphatic heterocycles. The van der Waals surface area contributed by atoms with Gasteiger partial charge in [-0.1, -0.05) is 6.07 Å². The molecule has 98 valence electrons. The molecule has 0 heterocycles. The number of carboxylic acids is 1. The van der Waals surface area contributed by atoms with Gasteiger partial charge in [0.05, 0.1) is 0 Å². The second-order valence-corrected chi connectivity index (χ2v) is 3.93. The van der Waals surface area contributed by atoms with Gasteiger partial charge in [-0.05, 0) is 26.0 Å². The van der Waals surface area contributed by atoms with Crippen LogP contribution in [0.2, 0.25) is 0 Å². The number of amides is 1. The molecule has 0 unspecified atom stereocenters. The molecule has 1 rings (SSSR count). The van der Waals surface area contributed by atoms with E-state index in [4.69, 9.17) is 9.84 Å². The standard InChI is InChI=1S/C12H14FNO4/c1-7(2)14-10(15)6-18-11-8(12(16)17)4-3-5-9(11)13/h3-5,7H,6H2,1-2H3,(H,14,15)(H,16,17). The van der Waals surface area contributed by atoms with E-state index in [2.05, 4.69) is 5.32 Å². The van der Waals surface area contributed by atoms with Crippen LogP contribution in [0.25, 0.3) is 0 Å². The maximum atomic E-state index is 13.4. The Labute approximate surface area is 104 Å². The van der Waals surface area contributed by atoms with E-state index in [-0.39, 0.29) is 11.6 Å². The van der Waals surface area contributed by atoms with E-state index < -0.39 is 30.1 Å². The SMILES string of the molecule is CC(C)NC(=O)COc1c(F)cccc1C(=O)O. The maximum absolute atomic E-state index is 13.4. The smallest absolute Gasteiger partial charge is 0.339 e. The minimum Gasteiger partial charge on any atom is -0.480 e. The highest BCUT2D eigenvalue weighted by Crippen LogP contribution is 2.22. The number of hydrogen-bond acceptors (Lipinski definition) is 3. The van der Waals surface area contributed by atoms with Crippen LogP contribution in [-0.2, 0) is 4.79 Å². The Bertz CT molecular complexity index is 459. The summed E-state index contributed by atoms with van der Waals surface area (Å²) >= 11 is 0. The van der Waals surface area contributed by atoms with Crippen molar-refractivity contribution in [3.8, 4) is 5.75 Å². The van der Waals surface area contributed by atoms with Crippen LogP contribution in [0.5, 0.6) is 5.75 Å². The molecule has 0 aliphatic rings. The summed E-state index contributed by atoms with van der Waals surface area (Å²) in [5.41, 5.74) is -0.313. The molecule has 0 saturated heterocycles. The van der Waals surface area contributed by atoms with Gasteiger partial charge in [-0.3, -0.25) is 4.79 Å². The normalized spacial score (nSPS) is 10.2. The Hall–Kier alpha value is -2.11. The van der Waals surface area contributed by atoms with Crippen LogP contribution in [0.1, 0.15) is 24.2 Å². The van der Waals surface area contributed by atoms with Crippen LogP contribution in [0.4, 0.5) is 4.39 Å². The minimum atomic E-state index is -1.31. The fraction of sp³-hybridized carbons (Fsp3) is 0.333. The number of carboxylic acid groups (broad SMARTS) is 1. The highest BCUT2D eigenvalue weighted by Gasteiger charge is 2.16. The van der Waals surface area contributed by atoms with E-state index in [0.29, 0.717) is 0 Å². The molecule has 6 heteroatoms. The molecule has 1 amide bonds. The molecule has 0 saturated carbocycles. The van der Waals surface area contributed by atoms with Gasteiger partial charge in [-0.15, -0.1) is 0 Å². The third-order valence-electron chi connectivity index (χ3n) is 1.99. The molecule has 18 heavy (non-hydrogen) atoms. The first-order valence-corrected chi connectivity index (χ1v) is 5.35. The van der Waals surface area contributed by atoms with E-state index in [1.54, 1.807) is 13.8 Å². The molecule has 0 radical (unpaired) electrons. The number of carbonyl (C=O) groups is 2. The van der Waals surface area contributed by atoms with Crippen molar-refractivity contribution in [3.05, 3.63) is 29.6 Å². The average molecular weight is 255 g/mol. The summed E-state index contributed by atoms with van der Waals surface area (Å²) < 4.78 is 18.3. The van der Waals surface area contributed by atoms with Gasteiger partial charge in [-0.25, -0.2) is 9.18 Å². The summed E-state index contributed by atoms with van der Waals surface area (Å²) in [5.74, 6) is -2.99. The number of para-hydroxylation sites is 1. The molecule has 0 aromatic heterocycles. The van der Waals surface area contributed by atoms with Crippen molar-refractivity contribution in [1.82, 2.24) is 5.32 Å². The topological polar surface area (TPSA) is 75.6 Å². The van der Waals surface area contributed by atoms with E-state index in [1.165, 1.54) is 12.1 Å². The lowest BCUT2D eigenvalue weighted by molar-refractivity contribution is -0.123. The summed E-state index contributed by atoms with van der Waals surface area (Å²) in [5, 5.41) is 11.4. The molecule has 0 fully saturated rings. The van der Waals surface area contributed by atoms with Gasteiger partial charge >= 0.3 is 5.97 Å². The fourth-order valence-corrected chi connectivity index (χ4v) is 1.33. The highest BCUT2D eigenvalue weighted by atomic mass is 19.1. The van der Waals surface area contributed by atoms with E-state index in [1.807, 2.05) is 0 Å². The van der Waals surface area contributed by atoms with E-state index in [9.17, 15) is 14.0 Å². The van der Waals surface area contributed by atoms with Crippen molar-refractivity contribution in [2.45, 2.75) is 19.9 Å². The quantitative estimate of drug-likeness (QED) is 0.834. The summed E-state index contributed by atoms with van der Waals surface area (Å²) in [6.45, 7) is 3.10. The second kappa shape index (κ2) is 6.00. The number of aromatic carboxylic acids is 1. The lowest BCUT2D eigenvalue weighted by Gasteiger charge is -2.11. The molecule has 0 aliphatic carbocycles. The number of nitrogens with one attached hydrogen (secondary N) is 1. The Morgan fingerprint density at radius 1 is 1.44 bits per heavy atom. The average Bonchev–Trinajstić information content (AvgIpc) is 2.25. The van der Waals surface area contributed by atoms with Crippen molar-refractivity contribution in [1.29, 1.82) is 0 Å². The maximum Gasteiger partial charge on any atom is 0.339 e. The van der Waals surface area contributed by atoms with Gasteiger partial charge < -0.3 is 15.2 Å². The summed E-state index contributed by atoms with van der Waals surface area (Å²) in [6, 6.07) is 3.48. The summed E-state index contributed by atoms with van der Waals surface area (Å²) in [7, 11) is 0. The molecule has 0 spiro atoms. The van der Waals surface area contributed by atoms with Gasteiger partial charge in [0.2, 0.25) is 0 Å². The number of hydrogen-bond donors (Lipinski definition) is 2. The molecule has 5 nitrogen and oxygen atoms in total. The van der Waals surface area contributed by atoms with Crippen LogP contribution in [-0.4, -0.2) is 29.6 Å². The fourth-order valence-electron chi connectivity index (χ4n) is 1.33. The van der Waals surface area contributed by atoms with Gasteiger partial charge in [0.1, 0.15) is 5.56 Å². The summed E-state index contributed by atoms with van der Waals surface area (Å²) in [4.78, 5) is 22.2. The number of rotatable bonds is 5. The number of ether oxygens (including phenoxy) is 1. The molecular formula is C12H14FNO4. The first-order chi connectivity index (χ1) is 8.41. The molecule has 0 atom stereocenters. The third-order valence-corrected chi connectivity index (χ3v) is 1.99. The Balaban J connectivity index is 2.78. The predicted octanol–water partition coefficient (Wildman–Crippen LogP) is 1.43. The van der Waals surface area contributed by atoms with Crippen molar-refractivity contribution in [2.75, 3.05) is 6.61 Å². The second-order valence-electron chi connectivity index (χ2n) is 3.93. The monoisotopic (exact) mass is 255 g/mol.